The van der Waals surface area contributed by atoms with Crippen LogP contribution in [0.15, 0.2) is 0 Å². The molecule has 0 aromatic heterocycles. The van der Waals surface area contributed by atoms with Crippen LogP contribution in [-0.2, 0) is 0 Å². The molecule has 2 N–H and O–H groups in total. The number of rotatable bonds is 0. The second-order valence-electron chi connectivity index (χ2n) is 3.29. The molecule has 0 radical (unpaired) electrons. The molecule has 1 aliphatic heterocycles. The number of hydrogen-bond donors (Lipinski definition) is 1. The summed E-state index contributed by atoms with van der Waals surface area (Å²) in [6.07, 6.45) is 2.61. The lowest BCUT2D eigenvalue weighted by Crippen LogP contribution is -2.15. The van der Waals surface area contributed by atoms with Gasteiger partial charge in [0.1, 0.15) is 0 Å². The van der Waals surface area contributed by atoms with Crippen molar-refractivity contribution in [2.75, 3.05) is 11.5 Å². The molecule has 0 amide bonds. The van der Waals surface area contributed by atoms with Gasteiger partial charge in [-0.05, 0) is 36.2 Å². The van der Waals surface area contributed by atoms with E-state index < -0.39 is 0 Å². The largest absolute Gasteiger partial charge is 0.328 e. The van der Waals surface area contributed by atoms with Gasteiger partial charge in [-0.2, -0.15) is 11.8 Å². The Morgan fingerprint density at radius 1 is 1.11 bits per heavy atom. The molecule has 0 unspecified atom stereocenters. The second-order valence-corrected chi connectivity index (χ2v) is 4.36. The van der Waals surface area contributed by atoms with Gasteiger partial charge in [-0.25, -0.2) is 0 Å². The van der Waals surface area contributed by atoms with Crippen LogP contribution in [0, 0.1) is 11.8 Å². The maximum atomic E-state index is 5.82. The molecule has 0 aromatic carbocycles. The fraction of sp³-hybridized carbons (Fsp3) is 1.00. The Morgan fingerprint density at radius 2 is 1.67 bits per heavy atom. The maximum Gasteiger partial charge on any atom is 0.00449 e. The molecule has 2 aliphatic rings. The molecule has 0 bridgehead atoms. The molecule has 1 saturated carbocycles. The minimum absolute atomic E-state index is 0.542. The average molecular weight is 143 g/mol. The molecule has 2 heteroatoms. The van der Waals surface area contributed by atoms with Crippen molar-refractivity contribution < 1.29 is 0 Å². The topological polar surface area (TPSA) is 26.0 Å². The van der Waals surface area contributed by atoms with Gasteiger partial charge < -0.3 is 5.73 Å². The molecule has 1 saturated heterocycles. The molecule has 2 fully saturated rings. The van der Waals surface area contributed by atoms with E-state index in [9.17, 15) is 0 Å². The summed E-state index contributed by atoms with van der Waals surface area (Å²) >= 11 is 2.11. The molecular formula is C7H13NS. The molecule has 1 aliphatic carbocycles. The molecule has 2 rings (SSSR count). The van der Waals surface area contributed by atoms with Crippen molar-refractivity contribution in [3.05, 3.63) is 0 Å². The Hall–Kier alpha value is 0.310. The molecule has 1 heterocycles. The third-order valence-electron chi connectivity index (χ3n) is 2.54. The minimum Gasteiger partial charge on any atom is -0.328 e. The van der Waals surface area contributed by atoms with Crippen molar-refractivity contribution in [2.45, 2.75) is 18.9 Å². The fourth-order valence-corrected chi connectivity index (χ4v) is 3.60. The van der Waals surface area contributed by atoms with E-state index in [1.807, 2.05) is 0 Å². The van der Waals surface area contributed by atoms with Crippen molar-refractivity contribution in [1.82, 2.24) is 0 Å². The van der Waals surface area contributed by atoms with E-state index in [1.165, 1.54) is 24.3 Å². The lowest BCUT2D eigenvalue weighted by Gasteiger charge is -2.02. The van der Waals surface area contributed by atoms with Gasteiger partial charge in [-0.15, -0.1) is 0 Å². The van der Waals surface area contributed by atoms with E-state index in [0.29, 0.717) is 6.04 Å². The third kappa shape index (κ3) is 0.987. The zero-order valence-corrected chi connectivity index (χ0v) is 6.36. The van der Waals surface area contributed by atoms with Gasteiger partial charge >= 0.3 is 0 Å². The predicted molar refractivity (Wildman–Crippen MR) is 41.5 cm³/mol. The first-order chi connectivity index (χ1) is 4.36. The van der Waals surface area contributed by atoms with Gasteiger partial charge in [-0.3, -0.25) is 0 Å². The van der Waals surface area contributed by atoms with Crippen LogP contribution in [0.4, 0.5) is 0 Å². The number of thioether (sulfide) groups is 1. The molecule has 9 heavy (non-hydrogen) atoms. The van der Waals surface area contributed by atoms with E-state index in [4.69, 9.17) is 5.73 Å². The quantitative estimate of drug-likeness (QED) is 0.549. The number of fused-ring (bicyclic) bond motifs is 1. The van der Waals surface area contributed by atoms with Crippen molar-refractivity contribution in [2.24, 2.45) is 17.6 Å². The molecule has 52 valence electrons. The first-order valence-corrected chi connectivity index (χ1v) is 4.85. The highest BCUT2D eigenvalue weighted by Crippen LogP contribution is 2.41. The van der Waals surface area contributed by atoms with E-state index >= 15 is 0 Å². The van der Waals surface area contributed by atoms with Crippen LogP contribution in [0.5, 0.6) is 0 Å². The Bertz CT molecular complexity index is 103. The van der Waals surface area contributed by atoms with Crippen LogP contribution < -0.4 is 5.73 Å². The lowest BCUT2D eigenvalue weighted by molar-refractivity contribution is 0.494. The first-order valence-electron chi connectivity index (χ1n) is 3.69. The van der Waals surface area contributed by atoms with E-state index in [-0.39, 0.29) is 0 Å². The van der Waals surface area contributed by atoms with E-state index in [0.717, 1.165) is 11.8 Å². The molecule has 1 nitrogen and oxygen atoms in total. The van der Waals surface area contributed by atoms with Gasteiger partial charge in [-0.1, -0.05) is 0 Å². The smallest absolute Gasteiger partial charge is 0.00449 e. The van der Waals surface area contributed by atoms with Gasteiger partial charge in [0, 0.05) is 6.04 Å². The molecule has 0 spiro atoms. The summed E-state index contributed by atoms with van der Waals surface area (Å²) in [5.41, 5.74) is 5.82. The Morgan fingerprint density at radius 3 is 2.22 bits per heavy atom. The monoisotopic (exact) mass is 143 g/mol. The summed E-state index contributed by atoms with van der Waals surface area (Å²) in [6, 6.07) is 0.542. The van der Waals surface area contributed by atoms with Gasteiger partial charge in [0.05, 0.1) is 0 Å². The average Bonchev–Trinajstić information content (AvgIpc) is 2.22. The van der Waals surface area contributed by atoms with E-state index in [1.54, 1.807) is 0 Å². The van der Waals surface area contributed by atoms with Crippen molar-refractivity contribution in [1.29, 1.82) is 0 Å². The van der Waals surface area contributed by atoms with Crippen LogP contribution in [0.3, 0.4) is 0 Å². The Balaban J connectivity index is 2.02. The SMILES string of the molecule is NC1C[C@@H]2CSC[C@H]2C1. The molecule has 2 atom stereocenters. The van der Waals surface area contributed by atoms with Crippen LogP contribution in [0.1, 0.15) is 12.8 Å². The minimum atomic E-state index is 0.542. The number of hydrogen-bond acceptors (Lipinski definition) is 2. The second kappa shape index (κ2) is 2.17. The van der Waals surface area contributed by atoms with Crippen LogP contribution in [0.25, 0.3) is 0 Å². The van der Waals surface area contributed by atoms with Crippen LogP contribution in [0.2, 0.25) is 0 Å². The lowest BCUT2D eigenvalue weighted by atomic mass is 10.0. The Kier molecular flexibility index (Phi) is 1.46. The Labute approximate surface area is 60.4 Å². The summed E-state index contributed by atoms with van der Waals surface area (Å²) in [4.78, 5) is 0. The molecule has 0 aromatic rings. The maximum absolute atomic E-state index is 5.82. The zero-order chi connectivity index (χ0) is 6.27. The highest BCUT2D eigenvalue weighted by molar-refractivity contribution is 7.99. The summed E-state index contributed by atoms with van der Waals surface area (Å²) in [6.45, 7) is 0. The van der Waals surface area contributed by atoms with Crippen molar-refractivity contribution in [3.8, 4) is 0 Å². The summed E-state index contributed by atoms with van der Waals surface area (Å²) in [5, 5.41) is 0. The molecular weight excluding hydrogens is 130 g/mol. The zero-order valence-electron chi connectivity index (χ0n) is 5.55. The summed E-state index contributed by atoms with van der Waals surface area (Å²) < 4.78 is 0. The fourth-order valence-electron chi connectivity index (χ4n) is 2.04. The summed E-state index contributed by atoms with van der Waals surface area (Å²) in [5.74, 6) is 4.76. The summed E-state index contributed by atoms with van der Waals surface area (Å²) in [7, 11) is 0. The van der Waals surface area contributed by atoms with Crippen molar-refractivity contribution in [3.63, 3.8) is 0 Å². The highest BCUT2D eigenvalue weighted by atomic mass is 32.2. The predicted octanol–water partition coefficient (Wildman–Crippen LogP) is 1.09. The van der Waals surface area contributed by atoms with Gasteiger partial charge in [0.15, 0.2) is 0 Å². The standard InChI is InChI=1S/C7H13NS/c8-7-1-5-3-9-4-6(5)2-7/h5-7H,1-4,8H2/t5-,6-/m1/s1. The van der Waals surface area contributed by atoms with Crippen molar-refractivity contribution >= 4 is 11.8 Å². The van der Waals surface area contributed by atoms with E-state index in [2.05, 4.69) is 11.8 Å². The van der Waals surface area contributed by atoms with Crippen LogP contribution in [-0.4, -0.2) is 17.5 Å². The first kappa shape index (κ1) is 6.05. The van der Waals surface area contributed by atoms with Gasteiger partial charge in [0.2, 0.25) is 0 Å². The highest BCUT2D eigenvalue weighted by Gasteiger charge is 2.35. The number of nitrogens with two attached hydrogens (primary N) is 1. The third-order valence-corrected chi connectivity index (χ3v) is 3.87. The van der Waals surface area contributed by atoms with Crippen LogP contribution >= 0.6 is 11.8 Å². The normalized spacial score (nSPS) is 43.7. The van der Waals surface area contributed by atoms with Gasteiger partial charge in [0.25, 0.3) is 0 Å².